The summed E-state index contributed by atoms with van der Waals surface area (Å²) < 4.78 is 0. The van der Waals surface area contributed by atoms with E-state index in [2.05, 4.69) is 20.6 Å². The minimum atomic E-state index is -0.902. The van der Waals surface area contributed by atoms with E-state index >= 15 is 0 Å². The van der Waals surface area contributed by atoms with Gasteiger partial charge in [-0.2, -0.15) is 0 Å². The maximum absolute atomic E-state index is 13.0. The van der Waals surface area contributed by atoms with Gasteiger partial charge in [-0.05, 0) is 50.7 Å². The third kappa shape index (κ3) is 6.55. The highest BCUT2D eigenvalue weighted by molar-refractivity contribution is 5.92. The summed E-state index contributed by atoms with van der Waals surface area (Å²) in [6, 6.07) is 6.89. The zero-order chi connectivity index (χ0) is 23.1. The molecule has 2 heterocycles. The van der Waals surface area contributed by atoms with Crippen LogP contribution in [0.1, 0.15) is 65.1 Å². The first-order valence-electron chi connectivity index (χ1n) is 11.6. The Morgan fingerprint density at radius 1 is 1.22 bits per heavy atom. The van der Waals surface area contributed by atoms with Crippen LogP contribution in [0.3, 0.4) is 0 Å². The second-order valence-electron chi connectivity index (χ2n) is 9.11. The van der Waals surface area contributed by atoms with Crippen LogP contribution in [-0.2, 0) is 20.9 Å². The van der Waals surface area contributed by atoms with Gasteiger partial charge in [-0.1, -0.05) is 26.0 Å². The Kier molecular flexibility index (Phi) is 8.25. The van der Waals surface area contributed by atoms with E-state index in [0.29, 0.717) is 24.7 Å². The van der Waals surface area contributed by atoms with Gasteiger partial charge in [0.25, 0.3) is 0 Å². The molecule has 8 nitrogen and oxygen atoms in total. The number of para-hydroxylation sites is 2. The number of carbonyl (C=O) groups excluding carboxylic acids is 3. The molecular weight excluding hydrogens is 406 g/mol. The average molecular weight is 442 g/mol. The van der Waals surface area contributed by atoms with E-state index in [4.69, 9.17) is 0 Å². The topological polar surface area (TPSA) is 107 Å². The summed E-state index contributed by atoms with van der Waals surface area (Å²) in [6.07, 6.45) is 4.08. The van der Waals surface area contributed by atoms with Crippen molar-refractivity contribution in [1.82, 2.24) is 25.5 Å². The number of nitrogens with one attached hydrogen (secondary N) is 3. The van der Waals surface area contributed by atoms with Crippen molar-refractivity contribution in [3.05, 3.63) is 30.1 Å². The van der Waals surface area contributed by atoms with Gasteiger partial charge in [0, 0.05) is 19.0 Å². The van der Waals surface area contributed by atoms with Gasteiger partial charge in [0.1, 0.15) is 11.9 Å². The molecule has 174 valence electrons. The average Bonchev–Trinajstić information content (AvgIpc) is 3.19. The van der Waals surface area contributed by atoms with Crippen molar-refractivity contribution >= 4 is 28.8 Å². The molecule has 2 aromatic rings. The number of imidazole rings is 1. The largest absolute Gasteiger partial charge is 0.347 e. The first kappa shape index (κ1) is 23.8. The van der Waals surface area contributed by atoms with E-state index in [1.165, 1.54) is 0 Å². The van der Waals surface area contributed by atoms with Crippen LogP contribution < -0.4 is 10.6 Å². The van der Waals surface area contributed by atoms with Crippen LogP contribution >= 0.6 is 0 Å². The molecule has 1 fully saturated rings. The van der Waals surface area contributed by atoms with Crippen LogP contribution in [0.2, 0.25) is 0 Å². The van der Waals surface area contributed by atoms with Crippen molar-refractivity contribution in [2.45, 2.75) is 77.9 Å². The van der Waals surface area contributed by atoms with E-state index < -0.39 is 6.04 Å². The van der Waals surface area contributed by atoms with E-state index in [-0.39, 0.29) is 36.7 Å². The highest BCUT2D eigenvalue weighted by Gasteiger charge is 2.29. The molecular formula is C24H35N5O3. The number of benzene rings is 1. The molecule has 0 radical (unpaired) electrons. The fraction of sp³-hybridized carbons (Fsp3) is 0.583. The zero-order valence-electron chi connectivity index (χ0n) is 19.3. The number of H-pyrrole nitrogens is 1. The van der Waals surface area contributed by atoms with Crippen LogP contribution in [0.4, 0.5) is 0 Å². The highest BCUT2D eigenvalue weighted by atomic mass is 16.2. The Hall–Kier alpha value is -2.90. The number of amides is 3. The fourth-order valence-corrected chi connectivity index (χ4v) is 4.04. The molecule has 3 rings (SSSR count). The first-order chi connectivity index (χ1) is 15.3. The molecule has 1 aliphatic rings. The summed E-state index contributed by atoms with van der Waals surface area (Å²) in [6.45, 7) is 7.03. The van der Waals surface area contributed by atoms with Crippen molar-refractivity contribution in [1.29, 1.82) is 0 Å². The van der Waals surface area contributed by atoms with Gasteiger partial charge in [-0.3, -0.25) is 14.4 Å². The third-order valence-electron chi connectivity index (χ3n) is 5.97. The molecule has 1 saturated heterocycles. The number of nitrogens with zero attached hydrogens (tertiary/aromatic N) is 2. The van der Waals surface area contributed by atoms with Crippen LogP contribution in [0.25, 0.3) is 11.0 Å². The van der Waals surface area contributed by atoms with Gasteiger partial charge in [0.05, 0.1) is 24.0 Å². The highest BCUT2D eigenvalue weighted by Crippen LogP contribution is 2.18. The Balaban J connectivity index is 1.64. The summed E-state index contributed by atoms with van der Waals surface area (Å²) >= 11 is 0. The Bertz CT molecular complexity index is 906. The lowest BCUT2D eigenvalue weighted by Gasteiger charge is -2.34. The van der Waals surface area contributed by atoms with Crippen LogP contribution in [0.15, 0.2) is 24.3 Å². The number of hydrogen-bond donors (Lipinski definition) is 3. The van der Waals surface area contributed by atoms with E-state index in [0.717, 1.165) is 36.7 Å². The maximum atomic E-state index is 13.0. The molecule has 0 aliphatic carbocycles. The normalized spacial score (nSPS) is 17.4. The molecule has 1 aliphatic heterocycles. The van der Waals surface area contributed by atoms with Gasteiger partial charge >= 0.3 is 0 Å². The number of carbonyl (C=O) groups is 3. The lowest BCUT2D eigenvalue weighted by atomic mass is 10.0. The molecule has 3 amide bonds. The third-order valence-corrected chi connectivity index (χ3v) is 5.97. The lowest BCUT2D eigenvalue weighted by molar-refractivity contribution is -0.138. The van der Waals surface area contributed by atoms with Gasteiger partial charge in [-0.15, -0.1) is 0 Å². The monoisotopic (exact) mass is 441 g/mol. The van der Waals surface area contributed by atoms with Crippen molar-refractivity contribution in [2.24, 2.45) is 5.92 Å². The van der Waals surface area contributed by atoms with E-state index in [1.54, 1.807) is 0 Å². The molecule has 8 heteroatoms. The Labute approximate surface area is 189 Å². The maximum Gasteiger partial charge on any atom is 0.243 e. The summed E-state index contributed by atoms with van der Waals surface area (Å²) in [5, 5.41) is 5.62. The van der Waals surface area contributed by atoms with Crippen LogP contribution in [0.5, 0.6) is 0 Å². The minimum absolute atomic E-state index is 0.0380. The predicted molar refractivity (Wildman–Crippen MR) is 124 cm³/mol. The van der Waals surface area contributed by atoms with Gasteiger partial charge < -0.3 is 20.5 Å². The van der Waals surface area contributed by atoms with Crippen molar-refractivity contribution < 1.29 is 14.4 Å². The van der Waals surface area contributed by atoms with Crippen molar-refractivity contribution in [3.63, 3.8) is 0 Å². The van der Waals surface area contributed by atoms with E-state index in [9.17, 15) is 14.4 Å². The standard InChI is InChI=1S/C24H35N5O3/c1-16(2)11-12-22(30)28-20(14-23(31)29-13-7-6-8-17(29)3)24(32)25-15-21-26-18-9-4-5-10-19(18)27-21/h4-5,9-10,16-17,20H,6-8,11-15H2,1-3H3,(H,25,32)(H,26,27)(H,28,30). The van der Waals surface area contributed by atoms with Crippen LogP contribution in [-0.4, -0.2) is 51.2 Å². The number of aromatic nitrogens is 2. The van der Waals surface area contributed by atoms with Gasteiger partial charge in [-0.25, -0.2) is 4.98 Å². The predicted octanol–water partition coefficient (Wildman–Crippen LogP) is 2.89. The molecule has 0 bridgehead atoms. The summed E-state index contributed by atoms with van der Waals surface area (Å²) in [4.78, 5) is 47.8. The quantitative estimate of drug-likeness (QED) is 0.556. The number of fused-ring (bicyclic) bond motifs is 1. The number of aromatic amines is 1. The second-order valence-corrected chi connectivity index (χ2v) is 9.11. The Morgan fingerprint density at radius 2 is 2.00 bits per heavy atom. The number of likely N-dealkylation sites (tertiary alicyclic amines) is 1. The minimum Gasteiger partial charge on any atom is -0.347 e. The Morgan fingerprint density at radius 3 is 2.72 bits per heavy atom. The first-order valence-corrected chi connectivity index (χ1v) is 11.6. The molecule has 0 spiro atoms. The number of hydrogen-bond acceptors (Lipinski definition) is 4. The van der Waals surface area contributed by atoms with Gasteiger partial charge in [0.2, 0.25) is 17.7 Å². The van der Waals surface area contributed by atoms with Crippen molar-refractivity contribution in [2.75, 3.05) is 6.54 Å². The lowest BCUT2D eigenvalue weighted by Crippen LogP contribution is -2.51. The molecule has 3 N–H and O–H groups in total. The fourth-order valence-electron chi connectivity index (χ4n) is 4.04. The molecule has 1 aromatic heterocycles. The summed E-state index contributed by atoms with van der Waals surface area (Å²) in [7, 11) is 0. The van der Waals surface area contributed by atoms with E-state index in [1.807, 2.05) is 49.9 Å². The second kappa shape index (κ2) is 11.1. The van der Waals surface area contributed by atoms with Crippen LogP contribution in [0, 0.1) is 5.92 Å². The number of rotatable bonds is 9. The number of piperidine rings is 1. The smallest absolute Gasteiger partial charge is 0.243 e. The summed E-state index contributed by atoms with van der Waals surface area (Å²) in [5.74, 6) is 0.339. The van der Waals surface area contributed by atoms with Gasteiger partial charge in [0.15, 0.2) is 0 Å². The molecule has 1 aromatic carbocycles. The molecule has 0 saturated carbocycles. The summed E-state index contributed by atoms with van der Waals surface area (Å²) in [5.41, 5.74) is 1.72. The molecule has 2 unspecified atom stereocenters. The van der Waals surface area contributed by atoms with Crippen molar-refractivity contribution in [3.8, 4) is 0 Å². The SMILES string of the molecule is CC(C)CCC(=O)NC(CC(=O)N1CCCCC1C)C(=O)NCc1nc2ccccc2[nH]1. The molecule has 2 atom stereocenters. The zero-order valence-corrected chi connectivity index (χ0v) is 19.3. The molecule has 32 heavy (non-hydrogen) atoms.